The minimum Gasteiger partial charge on any atom is -0.479 e. The third-order valence-corrected chi connectivity index (χ3v) is 9.38. The first-order chi connectivity index (χ1) is 21.3. The summed E-state index contributed by atoms with van der Waals surface area (Å²) in [6.45, 7) is 13.4. The largest absolute Gasteiger partial charge is 0.479 e. The van der Waals surface area contributed by atoms with E-state index in [0.29, 0.717) is 28.7 Å². The van der Waals surface area contributed by atoms with E-state index in [9.17, 15) is 9.59 Å². The van der Waals surface area contributed by atoms with Crippen LogP contribution in [0.1, 0.15) is 98.2 Å². The van der Waals surface area contributed by atoms with Gasteiger partial charge in [0.05, 0.1) is 13.2 Å². The summed E-state index contributed by atoms with van der Waals surface area (Å²) in [7, 11) is 1.34. The molecule has 1 fully saturated rings. The lowest BCUT2D eigenvalue weighted by atomic mass is 9.85. The molecule has 45 heavy (non-hydrogen) atoms. The summed E-state index contributed by atoms with van der Waals surface area (Å²) in [5.41, 5.74) is 7.51. The Morgan fingerprint density at radius 2 is 1.73 bits per heavy atom. The highest BCUT2D eigenvalue weighted by molar-refractivity contribution is 6.30. The Kier molecular flexibility index (Phi) is 9.64. The van der Waals surface area contributed by atoms with Crippen LogP contribution in [-0.4, -0.2) is 29.7 Å². The van der Waals surface area contributed by atoms with Crippen molar-refractivity contribution < 1.29 is 19.1 Å². The summed E-state index contributed by atoms with van der Waals surface area (Å²) in [5, 5.41) is 4.87. The standard InChI is InChI=1S/C38H45ClN2O4/c1-23(28-11-14-30(15-12-28)38(4,5)6)40-36(42)29-13-16-33-34(24(2)41(35(33)20-29)22-26-9-8-10-26)19-27-17-31(39)21-32(18-27)45-25(3)37(43)44-7/h11-18,20-21,23,25-26H,8-10,19,22H2,1-7H3,(H,40,42)/t23-,25-/m0/s1. The maximum atomic E-state index is 13.5. The highest BCUT2D eigenvalue weighted by Crippen LogP contribution is 2.35. The lowest BCUT2D eigenvalue weighted by Gasteiger charge is -2.27. The Hall–Kier alpha value is -3.77. The second kappa shape index (κ2) is 13.3. The van der Waals surface area contributed by atoms with E-state index in [2.05, 4.69) is 67.9 Å². The van der Waals surface area contributed by atoms with Crippen LogP contribution in [-0.2, 0) is 27.9 Å². The summed E-state index contributed by atoms with van der Waals surface area (Å²) in [5.74, 6) is 0.634. The average molecular weight is 629 g/mol. The van der Waals surface area contributed by atoms with Crippen LogP contribution in [0.4, 0.5) is 0 Å². The SMILES string of the molecule is COC(=O)[C@H](C)Oc1cc(Cl)cc(Cc2c(C)n(CC3CCC3)c3cc(C(=O)N[C@@H](C)c4ccc(C(C)(C)C)cc4)ccc23)c1. The van der Waals surface area contributed by atoms with Gasteiger partial charge >= 0.3 is 5.97 Å². The maximum Gasteiger partial charge on any atom is 0.346 e. The summed E-state index contributed by atoms with van der Waals surface area (Å²) < 4.78 is 13.0. The molecule has 1 aromatic heterocycles. The smallest absolute Gasteiger partial charge is 0.346 e. The van der Waals surface area contributed by atoms with Gasteiger partial charge in [-0.3, -0.25) is 4.79 Å². The van der Waals surface area contributed by atoms with Crippen molar-refractivity contribution in [2.24, 2.45) is 5.92 Å². The summed E-state index contributed by atoms with van der Waals surface area (Å²) in [4.78, 5) is 25.5. The molecule has 4 aromatic rings. The topological polar surface area (TPSA) is 69.6 Å². The Balaban J connectivity index is 1.43. The van der Waals surface area contributed by atoms with Gasteiger partial charge in [0.2, 0.25) is 0 Å². The van der Waals surface area contributed by atoms with Crippen LogP contribution >= 0.6 is 11.6 Å². The Morgan fingerprint density at radius 3 is 2.36 bits per heavy atom. The van der Waals surface area contributed by atoms with Crippen LogP contribution in [0.2, 0.25) is 5.02 Å². The number of benzene rings is 3. The highest BCUT2D eigenvalue weighted by Gasteiger charge is 2.24. The van der Waals surface area contributed by atoms with Crippen LogP contribution in [0.5, 0.6) is 5.75 Å². The fraction of sp³-hybridized carbons (Fsp3) is 0.421. The van der Waals surface area contributed by atoms with Crippen molar-refractivity contribution in [3.05, 3.63) is 99.2 Å². The zero-order valence-electron chi connectivity index (χ0n) is 27.5. The van der Waals surface area contributed by atoms with Crippen molar-refractivity contribution >= 4 is 34.4 Å². The number of carbonyl (C=O) groups is 2. The quantitative estimate of drug-likeness (QED) is 0.178. The van der Waals surface area contributed by atoms with Crippen molar-refractivity contribution in [2.45, 2.75) is 91.3 Å². The molecule has 1 saturated carbocycles. The van der Waals surface area contributed by atoms with Gasteiger partial charge in [-0.25, -0.2) is 4.79 Å². The molecule has 1 amide bonds. The van der Waals surface area contributed by atoms with Crippen molar-refractivity contribution in [1.29, 1.82) is 0 Å². The summed E-state index contributed by atoms with van der Waals surface area (Å²) in [6, 6.07) is 20.0. The number of nitrogens with one attached hydrogen (secondary N) is 1. The number of aromatic nitrogens is 1. The molecule has 1 aliphatic rings. The van der Waals surface area contributed by atoms with Gasteiger partial charge in [0.1, 0.15) is 5.75 Å². The zero-order chi connectivity index (χ0) is 32.5. The van der Waals surface area contributed by atoms with E-state index in [-0.39, 0.29) is 17.4 Å². The molecule has 0 spiro atoms. The predicted molar refractivity (Wildman–Crippen MR) is 181 cm³/mol. The average Bonchev–Trinajstić information content (AvgIpc) is 3.22. The second-order valence-electron chi connectivity index (χ2n) is 13.5. The lowest BCUT2D eigenvalue weighted by Crippen LogP contribution is -2.26. The van der Waals surface area contributed by atoms with E-state index in [1.54, 1.807) is 13.0 Å². The van der Waals surface area contributed by atoms with Gasteiger partial charge in [0.15, 0.2) is 6.10 Å². The number of hydrogen-bond acceptors (Lipinski definition) is 4. The number of carbonyl (C=O) groups excluding carboxylic acids is 2. The highest BCUT2D eigenvalue weighted by atomic mass is 35.5. The van der Waals surface area contributed by atoms with E-state index in [1.807, 2.05) is 31.2 Å². The van der Waals surface area contributed by atoms with Gasteiger partial charge in [-0.2, -0.15) is 0 Å². The molecule has 1 N–H and O–H groups in total. The number of amides is 1. The van der Waals surface area contributed by atoms with Gasteiger partial charge in [-0.05, 0) is 97.5 Å². The molecule has 238 valence electrons. The van der Waals surface area contributed by atoms with Gasteiger partial charge in [0, 0.05) is 40.1 Å². The Morgan fingerprint density at radius 1 is 1.02 bits per heavy atom. The minimum absolute atomic E-state index is 0.0811. The first-order valence-corrected chi connectivity index (χ1v) is 16.3. The summed E-state index contributed by atoms with van der Waals surface area (Å²) >= 11 is 6.49. The number of fused-ring (bicyclic) bond motifs is 1. The van der Waals surface area contributed by atoms with Gasteiger partial charge < -0.3 is 19.4 Å². The Labute approximate surface area is 272 Å². The number of halogens is 1. The first-order valence-electron chi connectivity index (χ1n) is 15.9. The van der Waals surface area contributed by atoms with Crippen LogP contribution in [0, 0.1) is 12.8 Å². The molecule has 0 bridgehead atoms. The van der Waals surface area contributed by atoms with E-state index < -0.39 is 12.1 Å². The zero-order valence-corrected chi connectivity index (χ0v) is 28.3. The van der Waals surface area contributed by atoms with Crippen molar-refractivity contribution in [3.8, 4) is 5.75 Å². The van der Waals surface area contributed by atoms with Crippen LogP contribution in [0.15, 0.2) is 60.7 Å². The van der Waals surface area contributed by atoms with Gasteiger partial charge in [-0.1, -0.05) is 69.1 Å². The monoisotopic (exact) mass is 628 g/mol. The van der Waals surface area contributed by atoms with Gasteiger partial charge in [0.25, 0.3) is 5.91 Å². The van der Waals surface area contributed by atoms with Crippen molar-refractivity contribution in [3.63, 3.8) is 0 Å². The fourth-order valence-electron chi connectivity index (χ4n) is 6.13. The molecule has 5 rings (SSSR count). The number of ether oxygens (including phenoxy) is 2. The van der Waals surface area contributed by atoms with Gasteiger partial charge in [-0.15, -0.1) is 0 Å². The van der Waals surface area contributed by atoms with E-state index in [1.165, 1.54) is 43.2 Å². The van der Waals surface area contributed by atoms with Crippen molar-refractivity contribution in [2.75, 3.05) is 7.11 Å². The fourth-order valence-corrected chi connectivity index (χ4v) is 6.38. The molecule has 1 heterocycles. The Bertz CT molecular complexity index is 1700. The molecule has 0 unspecified atom stereocenters. The van der Waals surface area contributed by atoms with Crippen LogP contribution in [0.3, 0.4) is 0 Å². The molecular weight excluding hydrogens is 584 g/mol. The molecule has 0 aliphatic heterocycles. The number of esters is 1. The molecular formula is C38H45ClN2O4. The number of rotatable bonds is 10. The number of nitrogens with zero attached hydrogens (tertiary/aromatic N) is 1. The van der Waals surface area contributed by atoms with E-state index >= 15 is 0 Å². The normalized spacial score (nSPS) is 14.9. The summed E-state index contributed by atoms with van der Waals surface area (Å²) in [6.07, 6.45) is 3.62. The number of methoxy groups -OCH3 is 1. The van der Waals surface area contributed by atoms with E-state index in [4.69, 9.17) is 21.1 Å². The lowest BCUT2D eigenvalue weighted by molar-refractivity contribution is -0.147. The molecule has 0 radical (unpaired) electrons. The molecule has 7 heteroatoms. The molecule has 6 nitrogen and oxygen atoms in total. The van der Waals surface area contributed by atoms with Crippen molar-refractivity contribution in [1.82, 2.24) is 9.88 Å². The molecule has 0 saturated heterocycles. The third kappa shape index (κ3) is 7.38. The molecule has 2 atom stereocenters. The first kappa shape index (κ1) is 32.6. The minimum atomic E-state index is -0.748. The second-order valence-corrected chi connectivity index (χ2v) is 14.0. The number of hydrogen-bond donors (Lipinski definition) is 1. The van der Waals surface area contributed by atoms with E-state index in [0.717, 1.165) is 28.6 Å². The third-order valence-electron chi connectivity index (χ3n) is 9.17. The van der Waals surface area contributed by atoms with Crippen LogP contribution in [0.25, 0.3) is 10.9 Å². The molecule has 3 aromatic carbocycles. The maximum absolute atomic E-state index is 13.5. The van der Waals surface area contributed by atoms with Crippen LogP contribution < -0.4 is 10.1 Å². The molecule has 1 aliphatic carbocycles. The predicted octanol–water partition coefficient (Wildman–Crippen LogP) is 8.72.